The van der Waals surface area contributed by atoms with E-state index in [1.54, 1.807) is 48.5 Å². The zero-order chi connectivity index (χ0) is 22.9. The van der Waals surface area contributed by atoms with Crippen LogP contribution in [0.3, 0.4) is 0 Å². The number of hydrogen-bond donors (Lipinski definition) is 3. The van der Waals surface area contributed by atoms with E-state index in [1.807, 2.05) is 0 Å². The van der Waals surface area contributed by atoms with Crippen molar-refractivity contribution in [3.8, 4) is 0 Å². The van der Waals surface area contributed by atoms with Gasteiger partial charge in [0.1, 0.15) is 17.7 Å². The van der Waals surface area contributed by atoms with Gasteiger partial charge in [-0.2, -0.15) is 0 Å². The maximum atomic E-state index is 12.7. The van der Waals surface area contributed by atoms with Crippen LogP contribution >= 0.6 is 0 Å². The number of hydrogen-bond acceptors (Lipinski definition) is 7. The maximum Gasteiger partial charge on any atom is 0.328 e. The van der Waals surface area contributed by atoms with E-state index in [-0.39, 0.29) is 24.7 Å². The highest BCUT2D eigenvalue weighted by Crippen LogP contribution is 2.11. The number of nitrogens with two attached hydrogens (primary N) is 1. The van der Waals surface area contributed by atoms with E-state index >= 15 is 0 Å². The van der Waals surface area contributed by atoms with Crippen LogP contribution in [-0.4, -0.2) is 54.6 Å². The molecule has 2 amide bonds. The highest BCUT2D eigenvalue weighted by molar-refractivity contribution is 5.92. The van der Waals surface area contributed by atoms with Crippen molar-refractivity contribution >= 4 is 23.8 Å². The van der Waals surface area contributed by atoms with Gasteiger partial charge in [-0.05, 0) is 39.0 Å². The first-order chi connectivity index (χ1) is 13.2. The molecule has 0 heterocycles. The predicted molar refractivity (Wildman–Crippen MR) is 109 cm³/mol. The van der Waals surface area contributed by atoms with E-state index in [0.29, 0.717) is 0 Å². The summed E-state index contributed by atoms with van der Waals surface area (Å²) in [6.45, 7) is 12.3. The first-order valence-corrected chi connectivity index (χ1v) is 9.85. The van der Waals surface area contributed by atoms with Gasteiger partial charge in [0.05, 0.1) is 13.2 Å². The SMILES string of the molecule is COC(=O)[C@@H](NC(=O)[C@@H](NC(=O)[C@@H](N)CCC(=O)OC(C)(C)C)C(C)C)C(C)C. The lowest BCUT2D eigenvalue weighted by molar-refractivity contribution is -0.155. The number of ether oxygens (including phenoxy) is 2. The highest BCUT2D eigenvalue weighted by Gasteiger charge is 2.32. The predicted octanol–water partition coefficient (Wildman–Crippen LogP) is 0.890. The molecule has 0 spiro atoms. The molecule has 4 N–H and O–H groups in total. The monoisotopic (exact) mass is 415 g/mol. The molecule has 0 fully saturated rings. The molecule has 0 aromatic carbocycles. The molecule has 3 atom stereocenters. The Morgan fingerprint density at radius 2 is 1.38 bits per heavy atom. The van der Waals surface area contributed by atoms with Gasteiger partial charge in [-0.15, -0.1) is 0 Å². The summed E-state index contributed by atoms with van der Waals surface area (Å²) in [6.07, 6.45) is 0.0755. The highest BCUT2D eigenvalue weighted by atomic mass is 16.6. The second-order valence-electron chi connectivity index (χ2n) is 8.72. The second kappa shape index (κ2) is 11.7. The third-order valence-corrected chi connectivity index (χ3v) is 4.08. The van der Waals surface area contributed by atoms with Crippen molar-refractivity contribution < 1.29 is 28.7 Å². The van der Waals surface area contributed by atoms with Crippen LogP contribution in [0.5, 0.6) is 0 Å². The number of nitrogens with one attached hydrogen (secondary N) is 2. The van der Waals surface area contributed by atoms with Gasteiger partial charge in [0.25, 0.3) is 0 Å². The molecule has 0 bridgehead atoms. The number of esters is 2. The van der Waals surface area contributed by atoms with Gasteiger partial charge >= 0.3 is 11.9 Å². The Hall–Kier alpha value is -2.16. The Kier molecular flexibility index (Phi) is 10.9. The minimum Gasteiger partial charge on any atom is -0.467 e. The molecule has 0 saturated carbocycles. The lowest BCUT2D eigenvalue weighted by Crippen LogP contribution is -2.57. The number of methoxy groups -OCH3 is 1. The quantitative estimate of drug-likeness (QED) is 0.451. The molecule has 0 radical (unpaired) electrons. The summed E-state index contributed by atoms with van der Waals surface area (Å²) < 4.78 is 9.91. The van der Waals surface area contributed by atoms with Crippen molar-refractivity contribution in [1.29, 1.82) is 0 Å². The van der Waals surface area contributed by atoms with E-state index in [1.165, 1.54) is 7.11 Å². The lowest BCUT2D eigenvalue weighted by atomic mass is 9.99. The summed E-state index contributed by atoms with van der Waals surface area (Å²) in [4.78, 5) is 48.7. The Morgan fingerprint density at radius 3 is 1.79 bits per heavy atom. The van der Waals surface area contributed by atoms with Crippen molar-refractivity contribution in [3.05, 3.63) is 0 Å². The number of carbonyl (C=O) groups excluding carboxylic acids is 4. The fourth-order valence-corrected chi connectivity index (χ4v) is 2.46. The molecule has 0 aliphatic carbocycles. The average molecular weight is 416 g/mol. The van der Waals surface area contributed by atoms with E-state index in [4.69, 9.17) is 15.2 Å². The van der Waals surface area contributed by atoms with Crippen LogP contribution in [0.15, 0.2) is 0 Å². The summed E-state index contributed by atoms with van der Waals surface area (Å²) in [6, 6.07) is -2.69. The van der Waals surface area contributed by atoms with Gasteiger partial charge in [0.15, 0.2) is 0 Å². The third kappa shape index (κ3) is 10.3. The summed E-state index contributed by atoms with van der Waals surface area (Å²) >= 11 is 0. The van der Waals surface area contributed by atoms with Crippen LogP contribution in [0.2, 0.25) is 0 Å². The number of amides is 2. The Bertz CT molecular complexity index is 583. The maximum absolute atomic E-state index is 12.7. The zero-order valence-corrected chi connectivity index (χ0v) is 18.8. The standard InChI is InChI=1S/C20H37N3O6/c1-11(2)15(18(26)23-16(12(3)4)19(27)28-8)22-17(25)13(21)9-10-14(24)29-20(5,6)7/h11-13,15-16H,9-10,21H2,1-8H3,(H,22,25)(H,23,26)/t13-,15-,16-/m0/s1. The molecule has 0 aliphatic rings. The topological polar surface area (TPSA) is 137 Å². The van der Waals surface area contributed by atoms with Gasteiger partial charge in [-0.25, -0.2) is 4.79 Å². The molecule has 29 heavy (non-hydrogen) atoms. The Labute approximate surface area is 173 Å². The summed E-state index contributed by atoms with van der Waals surface area (Å²) in [5.41, 5.74) is 5.26. The molecule has 0 saturated heterocycles. The normalized spacial score (nSPS) is 14.7. The zero-order valence-electron chi connectivity index (χ0n) is 18.8. The summed E-state index contributed by atoms with van der Waals surface area (Å²) in [5.74, 6) is -2.50. The smallest absolute Gasteiger partial charge is 0.328 e. The molecular weight excluding hydrogens is 378 g/mol. The fourth-order valence-electron chi connectivity index (χ4n) is 2.46. The van der Waals surface area contributed by atoms with Gasteiger partial charge < -0.3 is 25.8 Å². The van der Waals surface area contributed by atoms with Crippen molar-refractivity contribution in [2.75, 3.05) is 7.11 Å². The van der Waals surface area contributed by atoms with Crippen molar-refractivity contribution in [2.45, 2.75) is 85.0 Å². The molecule has 0 aromatic heterocycles. The summed E-state index contributed by atoms with van der Waals surface area (Å²) in [7, 11) is 1.25. The van der Waals surface area contributed by atoms with Crippen LogP contribution < -0.4 is 16.4 Å². The number of rotatable bonds is 10. The van der Waals surface area contributed by atoms with E-state index in [2.05, 4.69) is 10.6 Å². The lowest BCUT2D eigenvalue weighted by Gasteiger charge is -2.27. The molecule has 0 unspecified atom stereocenters. The molecule has 0 aromatic rings. The van der Waals surface area contributed by atoms with Crippen LogP contribution in [-0.2, 0) is 28.7 Å². The van der Waals surface area contributed by atoms with Crippen LogP contribution in [0.25, 0.3) is 0 Å². The molecule has 168 valence electrons. The van der Waals surface area contributed by atoms with Crippen molar-refractivity contribution in [2.24, 2.45) is 17.6 Å². The second-order valence-corrected chi connectivity index (χ2v) is 8.72. The third-order valence-electron chi connectivity index (χ3n) is 4.08. The van der Waals surface area contributed by atoms with Gasteiger partial charge in [-0.3, -0.25) is 14.4 Å². The molecule has 0 aliphatic heterocycles. The Morgan fingerprint density at radius 1 is 0.897 bits per heavy atom. The minimum absolute atomic E-state index is 0.0117. The van der Waals surface area contributed by atoms with Gasteiger partial charge in [0, 0.05) is 6.42 Å². The average Bonchev–Trinajstić information content (AvgIpc) is 2.58. The fraction of sp³-hybridized carbons (Fsp3) is 0.800. The van der Waals surface area contributed by atoms with Crippen LogP contribution in [0, 0.1) is 11.8 Å². The summed E-state index contributed by atoms with van der Waals surface area (Å²) in [5, 5.41) is 5.23. The van der Waals surface area contributed by atoms with Crippen molar-refractivity contribution in [1.82, 2.24) is 10.6 Å². The number of carbonyl (C=O) groups is 4. The van der Waals surface area contributed by atoms with Crippen molar-refractivity contribution in [3.63, 3.8) is 0 Å². The first kappa shape index (κ1) is 26.8. The largest absolute Gasteiger partial charge is 0.467 e. The Balaban J connectivity index is 4.93. The van der Waals surface area contributed by atoms with Crippen LogP contribution in [0.1, 0.15) is 61.3 Å². The van der Waals surface area contributed by atoms with Gasteiger partial charge in [-0.1, -0.05) is 27.7 Å². The molecular formula is C20H37N3O6. The molecule has 9 nitrogen and oxygen atoms in total. The van der Waals surface area contributed by atoms with E-state index in [9.17, 15) is 19.2 Å². The van der Waals surface area contributed by atoms with Crippen LogP contribution in [0.4, 0.5) is 0 Å². The van der Waals surface area contributed by atoms with Gasteiger partial charge in [0.2, 0.25) is 11.8 Å². The van der Waals surface area contributed by atoms with E-state index < -0.39 is 47.5 Å². The van der Waals surface area contributed by atoms with E-state index in [0.717, 1.165) is 0 Å². The molecule has 9 heteroatoms. The minimum atomic E-state index is -0.974. The first-order valence-electron chi connectivity index (χ1n) is 9.85. The molecule has 0 rings (SSSR count).